The summed E-state index contributed by atoms with van der Waals surface area (Å²) in [5.41, 5.74) is 2.98. The Morgan fingerprint density at radius 3 is 2.54 bits per heavy atom. The topological polar surface area (TPSA) is 116 Å². The second-order valence-corrected chi connectivity index (χ2v) is 9.39. The number of aromatic nitrogens is 2. The molecule has 0 spiro atoms. The highest BCUT2D eigenvalue weighted by Crippen LogP contribution is 2.35. The second kappa shape index (κ2) is 11.2. The molecule has 0 bridgehead atoms. The first-order valence-electron chi connectivity index (χ1n) is 12.5. The highest BCUT2D eigenvalue weighted by atomic mass is 19.4. The van der Waals surface area contributed by atoms with Crippen LogP contribution in [0.1, 0.15) is 44.2 Å². The van der Waals surface area contributed by atoms with Gasteiger partial charge in [-0.05, 0) is 60.5 Å². The molecule has 1 aliphatic rings. The molecule has 41 heavy (non-hydrogen) atoms. The highest BCUT2D eigenvalue weighted by molar-refractivity contribution is 6.05. The van der Waals surface area contributed by atoms with Crippen LogP contribution in [0.5, 0.6) is 0 Å². The molecule has 11 heteroatoms. The molecule has 4 N–H and O–H groups in total. The van der Waals surface area contributed by atoms with Crippen LogP contribution in [0.2, 0.25) is 0 Å². The molecule has 0 fully saturated rings. The SMILES string of the molecule is Cc1ccc(NC(=O)c2cccc(C(F)(F)F)c2)cc1NC(=O)C1C=Cc2c(Nc3cccc(CO)c3)ncnc21. The van der Waals surface area contributed by atoms with Crippen LogP contribution in [0.15, 0.2) is 79.1 Å². The Kier molecular flexibility index (Phi) is 7.54. The van der Waals surface area contributed by atoms with Crippen molar-refractivity contribution in [3.63, 3.8) is 0 Å². The summed E-state index contributed by atoms with van der Waals surface area (Å²) in [6.45, 7) is 1.67. The van der Waals surface area contributed by atoms with E-state index in [-0.39, 0.29) is 18.1 Å². The lowest BCUT2D eigenvalue weighted by molar-refractivity contribution is -0.137. The molecule has 208 valence electrons. The molecule has 0 radical (unpaired) electrons. The van der Waals surface area contributed by atoms with Gasteiger partial charge in [0, 0.05) is 28.2 Å². The fourth-order valence-electron chi connectivity index (χ4n) is 4.39. The van der Waals surface area contributed by atoms with Crippen molar-refractivity contribution in [3.8, 4) is 0 Å². The van der Waals surface area contributed by atoms with Crippen molar-refractivity contribution in [1.82, 2.24) is 9.97 Å². The van der Waals surface area contributed by atoms with Crippen LogP contribution in [-0.2, 0) is 17.6 Å². The van der Waals surface area contributed by atoms with Gasteiger partial charge in [0.05, 0.1) is 23.8 Å². The van der Waals surface area contributed by atoms with Crippen molar-refractivity contribution < 1.29 is 27.9 Å². The van der Waals surface area contributed by atoms with Crippen LogP contribution in [0.25, 0.3) is 6.08 Å². The summed E-state index contributed by atoms with van der Waals surface area (Å²) in [4.78, 5) is 34.6. The first-order valence-corrected chi connectivity index (χ1v) is 12.5. The number of nitrogens with one attached hydrogen (secondary N) is 3. The first-order chi connectivity index (χ1) is 19.6. The largest absolute Gasteiger partial charge is 0.416 e. The van der Waals surface area contributed by atoms with Crippen molar-refractivity contribution in [2.45, 2.75) is 25.6 Å². The maximum absolute atomic E-state index is 13.3. The number of fused-ring (bicyclic) bond motifs is 1. The molecule has 1 heterocycles. The van der Waals surface area contributed by atoms with Gasteiger partial charge in [-0.25, -0.2) is 9.97 Å². The Morgan fingerprint density at radius 2 is 1.76 bits per heavy atom. The average molecular weight is 560 g/mol. The van der Waals surface area contributed by atoms with E-state index in [0.29, 0.717) is 34.0 Å². The third kappa shape index (κ3) is 6.10. The van der Waals surface area contributed by atoms with Gasteiger partial charge in [0.2, 0.25) is 5.91 Å². The van der Waals surface area contributed by atoms with Crippen molar-refractivity contribution in [3.05, 3.63) is 113 Å². The molecule has 2 amide bonds. The van der Waals surface area contributed by atoms with Crippen molar-refractivity contribution >= 4 is 40.8 Å². The number of carbonyl (C=O) groups excluding carboxylic acids is 2. The number of amides is 2. The molecular formula is C30H24F3N5O3. The van der Waals surface area contributed by atoms with E-state index in [2.05, 4.69) is 25.9 Å². The number of nitrogens with zero attached hydrogens (tertiary/aromatic N) is 2. The van der Waals surface area contributed by atoms with Gasteiger partial charge in [-0.2, -0.15) is 13.2 Å². The highest BCUT2D eigenvalue weighted by Gasteiger charge is 2.31. The van der Waals surface area contributed by atoms with Crippen LogP contribution >= 0.6 is 0 Å². The predicted molar refractivity (Wildman–Crippen MR) is 149 cm³/mol. The lowest BCUT2D eigenvalue weighted by Crippen LogP contribution is -2.21. The number of aryl methyl sites for hydroxylation is 1. The standard InChI is InChI=1S/C30H24F3N5O3/c1-17-8-9-22(37-28(40)19-5-3-6-20(13-19)30(31,32)33)14-25(17)38-29(41)24-11-10-23-26(24)34-16-35-27(23)36-21-7-2-4-18(12-21)15-39/h2-14,16,24,39H,15H2,1H3,(H,37,40)(H,38,41)(H,34,35,36). The van der Waals surface area contributed by atoms with Crippen LogP contribution in [-0.4, -0.2) is 26.9 Å². The summed E-state index contributed by atoms with van der Waals surface area (Å²) in [6, 6.07) is 16.2. The number of aliphatic hydroxyl groups excluding tert-OH is 1. The lowest BCUT2D eigenvalue weighted by Gasteiger charge is -2.15. The summed E-state index contributed by atoms with van der Waals surface area (Å²) >= 11 is 0. The minimum Gasteiger partial charge on any atom is -0.392 e. The molecule has 8 nitrogen and oxygen atoms in total. The van der Waals surface area contributed by atoms with Gasteiger partial charge in [0.1, 0.15) is 12.1 Å². The average Bonchev–Trinajstić information content (AvgIpc) is 3.40. The Balaban J connectivity index is 1.31. The minimum atomic E-state index is -4.57. The van der Waals surface area contributed by atoms with Gasteiger partial charge in [0.25, 0.3) is 5.91 Å². The van der Waals surface area contributed by atoms with Crippen LogP contribution < -0.4 is 16.0 Å². The molecule has 1 aliphatic carbocycles. The fraction of sp³-hybridized carbons (Fsp3) is 0.133. The van der Waals surface area contributed by atoms with Gasteiger partial charge >= 0.3 is 6.18 Å². The fourth-order valence-corrected chi connectivity index (χ4v) is 4.39. The zero-order valence-electron chi connectivity index (χ0n) is 21.7. The number of rotatable bonds is 7. The number of hydrogen-bond donors (Lipinski definition) is 4. The van der Waals surface area contributed by atoms with Gasteiger partial charge in [-0.15, -0.1) is 0 Å². The molecule has 3 aromatic carbocycles. The van der Waals surface area contributed by atoms with E-state index in [9.17, 15) is 27.9 Å². The maximum Gasteiger partial charge on any atom is 0.416 e. The Labute approximate surface area is 233 Å². The number of aliphatic hydroxyl groups is 1. The number of anilines is 4. The van der Waals surface area contributed by atoms with E-state index in [1.165, 1.54) is 18.5 Å². The zero-order valence-corrected chi connectivity index (χ0v) is 21.7. The van der Waals surface area contributed by atoms with E-state index in [4.69, 9.17) is 0 Å². The first kappa shape index (κ1) is 27.5. The van der Waals surface area contributed by atoms with Crippen molar-refractivity contribution in [2.75, 3.05) is 16.0 Å². The third-order valence-corrected chi connectivity index (χ3v) is 6.52. The van der Waals surface area contributed by atoms with E-state index in [1.807, 2.05) is 6.07 Å². The maximum atomic E-state index is 13.3. The molecule has 5 rings (SSSR count). The van der Waals surface area contributed by atoms with Crippen LogP contribution in [0.4, 0.5) is 36.1 Å². The van der Waals surface area contributed by atoms with Gasteiger partial charge < -0.3 is 21.1 Å². The number of halogens is 3. The third-order valence-electron chi connectivity index (χ3n) is 6.52. The molecular weight excluding hydrogens is 535 g/mol. The molecule has 0 saturated carbocycles. The molecule has 1 unspecified atom stereocenters. The summed E-state index contributed by atoms with van der Waals surface area (Å²) in [5, 5.41) is 18.0. The lowest BCUT2D eigenvalue weighted by atomic mass is 10.1. The number of alkyl halides is 3. The monoisotopic (exact) mass is 559 g/mol. The number of benzene rings is 3. The van der Waals surface area contributed by atoms with E-state index in [0.717, 1.165) is 23.4 Å². The predicted octanol–water partition coefficient (Wildman–Crippen LogP) is 6.04. The van der Waals surface area contributed by atoms with Crippen LogP contribution in [0.3, 0.4) is 0 Å². The molecule has 1 aromatic heterocycles. The van der Waals surface area contributed by atoms with Crippen molar-refractivity contribution in [2.24, 2.45) is 0 Å². The summed E-state index contributed by atoms with van der Waals surface area (Å²) in [5.74, 6) is -1.28. The Bertz CT molecular complexity index is 1670. The molecule has 0 saturated heterocycles. The smallest absolute Gasteiger partial charge is 0.392 e. The van der Waals surface area contributed by atoms with Gasteiger partial charge in [-0.1, -0.05) is 36.4 Å². The summed E-state index contributed by atoms with van der Waals surface area (Å²) in [7, 11) is 0. The van der Waals surface area contributed by atoms with Crippen molar-refractivity contribution in [1.29, 1.82) is 0 Å². The number of carbonyl (C=O) groups is 2. The summed E-state index contributed by atoms with van der Waals surface area (Å²) in [6.07, 6.45) is 0.256. The van der Waals surface area contributed by atoms with Crippen LogP contribution in [0, 0.1) is 6.92 Å². The molecule has 1 atom stereocenters. The van der Waals surface area contributed by atoms with E-state index < -0.39 is 23.6 Å². The second-order valence-electron chi connectivity index (χ2n) is 9.39. The van der Waals surface area contributed by atoms with Gasteiger partial charge in [-0.3, -0.25) is 9.59 Å². The minimum absolute atomic E-state index is 0.102. The Morgan fingerprint density at radius 1 is 0.951 bits per heavy atom. The Hall–Kier alpha value is -5.03. The zero-order chi connectivity index (χ0) is 29.1. The van der Waals surface area contributed by atoms with Gasteiger partial charge in [0.15, 0.2) is 0 Å². The molecule has 0 aliphatic heterocycles. The normalized spacial score (nSPS) is 13.9. The number of hydrogen-bond acceptors (Lipinski definition) is 6. The molecule has 4 aromatic rings. The van der Waals surface area contributed by atoms with E-state index >= 15 is 0 Å². The van der Waals surface area contributed by atoms with E-state index in [1.54, 1.807) is 55.5 Å². The summed E-state index contributed by atoms with van der Waals surface area (Å²) < 4.78 is 39.1. The quantitative estimate of drug-likeness (QED) is 0.219.